The van der Waals surface area contributed by atoms with Crippen molar-refractivity contribution in [3.63, 3.8) is 0 Å². The van der Waals surface area contributed by atoms with Crippen molar-refractivity contribution in [1.29, 1.82) is 0 Å². The second-order valence-corrected chi connectivity index (χ2v) is 7.43. The van der Waals surface area contributed by atoms with Crippen LogP contribution in [0.2, 0.25) is 0 Å². The molecule has 2 atom stereocenters. The highest BCUT2D eigenvalue weighted by molar-refractivity contribution is 5.79. The number of fused-ring (bicyclic) bond motifs is 1. The lowest BCUT2D eigenvalue weighted by Gasteiger charge is -2.47. The Labute approximate surface area is 170 Å². The molecule has 3 aromatic heterocycles. The van der Waals surface area contributed by atoms with Crippen LogP contribution in [0.15, 0.2) is 43.0 Å². The van der Waals surface area contributed by atoms with Crippen LogP contribution in [0.1, 0.15) is 27.2 Å². The van der Waals surface area contributed by atoms with Crippen LogP contribution in [-0.2, 0) is 4.79 Å². The van der Waals surface area contributed by atoms with Gasteiger partial charge in [-0.15, -0.1) is 0 Å². The monoisotopic (exact) mass is 391 g/mol. The zero-order valence-electron chi connectivity index (χ0n) is 17.1. The molecule has 0 radical (unpaired) electrons. The molecule has 8 heteroatoms. The number of nitrogens with zero attached hydrogens (tertiary/aromatic N) is 7. The van der Waals surface area contributed by atoms with Gasteiger partial charge in [-0.2, -0.15) is 4.98 Å². The highest BCUT2D eigenvalue weighted by Crippen LogP contribution is 2.38. The Bertz CT molecular complexity index is 1000. The van der Waals surface area contributed by atoms with Crippen molar-refractivity contribution in [1.82, 2.24) is 24.5 Å². The molecule has 1 aliphatic rings. The maximum absolute atomic E-state index is 11.8. The summed E-state index contributed by atoms with van der Waals surface area (Å²) in [5.41, 5.74) is 1.60. The van der Waals surface area contributed by atoms with Gasteiger partial charge in [-0.3, -0.25) is 9.55 Å². The lowest BCUT2D eigenvalue weighted by molar-refractivity contribution is -0.109. The Hall–Kier alpha value is -3.29. The molecule has 0 saturated heterocycles. The predicted octanol–water partition coefficient (Wildman–Crippen LogP) is 2.74. The fourth-order valence-electron chi connectivity index (χ4n) is 4.05. The van der Waals surface area contributed by atoms with E-state index < -0.39 is 0 Å². The molecule has 0 bridgehead atoms. The minimum Gasteiger partial charge on any atom is -0.359 e. The summed E-state index contributed by atoms with van der Waals surface area (Å²) in [6.45, 7) is 6.35. The maximum Gasteiger partial charge on any atom is 0.237 e. The number of rotatable bonds is 5. The number of carbonyl (C=O) groups excluding carboxylic acids is 1. The van der Waals surface area contributed by atoms with Gasteiger partial charge in [0.25, 0.3) is 0 Å². The summed E-state index contributed by atoms with van der Waals surface area (Å²) >= 11 is 0. The standard InChI is InChI=1S/C21H25N7O/c1-5-16-18(13-29)26(4)17-12-24-21(25-20(17)28(16)14(2)3)27-11-10-23-19(27)15-8-6-7-9-22-15/h6-14,16,18H,5H2,1-4H3. The molecule has 150 valence electrons. The first-order valence-corrected chi connectivity index (χ1v) is 9.85. The Morgan fingerprint density at radius 3 is 2.66 bits per heavy atom. The summed E-state index contributed by atoms with van der Waals surface area (Å²) in [6, 6.07) is 5.71. The number of hydrogen-bond donors (Lipinski definition) is 0. The van der Waals surface area contributed by atoms with E-state index in [1.807, 2.05) is 40.9 Å². The molecule has 2 unspecified atom stereocenters. The van der Waals surface area contributed by atoms with E-state index in [2.05, 4.69) is 40.6 Å². The summed E-state index contributed by atoms with van der Waals surface area (Å²) < 4.78 is 1.84. The fourth-order valence-corrected chi connectivity index (χ4v) is 4.05. The molecule has 0 amide bonds. The average molecular weight is 391 g/mol. The van der Waals surface area contributed by atoms with Gasteiger partial charge in [0.2, 0.25) is 5.95 Å². The van der Waals surface area contributed by atoms with Crippen molar-refractivity contribution in [3.05, 3.63) is 43.0 Å². The predicted molar refractivity (Wildman–Crippen MR) is 112 cm³/mol. The van der Waals surface area contributed by atoms with E-state index in [-0.39, 0.29) is 18.1 Å². The van der Waals surface area contributed by atoms with Crippen LogP contribution in [0.4, 0.5) is 11.5 Å². The van der Waals surface area contributed by atoms with Crippen molar-refractivity contribution in [2.75, 3.05) is 16.8 Å². The van der Waals surface area contributed by atoms with Gasteiger partial charge in [-0.25, -0.2) is 9.97 Å². The third kappa shape index (κ3) is 3.14. The van der Waals surface area contributed by atoms with Gasteiger partial charge < -0.3 is 14.6 Å². The van der Waals surface area contributed by atoms with Gasteiger partial charge in [0, 0.05) is 31.7 Å². The van der Waals surface area contributed by atoms with Crippen LogP contribution in [0.5, 0.6) is 0 Å². The molecule has 29 heavy (non-hydrogen) atoms. The average Bonchev–Trinajstić information content (AvgIpc) is 3.23. The Morgan fingerprint density at radius 1 is 1.17 bits per heavy atom. The topological polar surface area (TPSA) is 80.0 Å². The normalized spacial score (nSPS) is 18.8. The molecule has 3 aromatic rings. The molecule has 0 N–H and O–H groups in total. The summed E-state index contributed by atoms with van der Waals surface area (Å²) in [7, 11) is 1.93. The number of aldehydes is 1. The second kappa shape index (κ2) is 7.62. The van der Waals surface area contributed by atoms with Crippen molar-refractivity contribution >= 4 is 17.8 Å². The molecule has 8 nitrogen and oxygen atoms in total. The van der Waals surface area contributed by atoms with Gasteiger partial charge >= 0.3 is 0 Å². The third-order valence-electron chi connectivity index (χ3n) is 5.42. The van der Waals surface area contributed by atoms with Gasteiger partial charge in [0.1, 0.15) is 18.0 Å². The van der Waals surface area contributed by atoms with Crippen LogP contribution >= 0.6 is 0 Å². The van der Waals surface area contributed by atoms with Gasteiger partial charge in [0.05, 0.1) is 17.9 Å². The zero-order valence-corrected chi connectivity index (χ0v) is 17.1. The molecule has 1 aliphatic heterocycles. The van der Waals surface area contributed by atoms with Crippen LogP contribution in [-0.4, -0.2) is 56.0 Å². The van der Waals surface area contributed by atoms with E-state index in [9.17, 15) is 4.79 Å². The zero-order chi connectivity index (χ0) is 20.5. The molecule has 0 spiro atoms. The van der Waals surface area contributed by atoms with E-state index in [0.717, 1.165) is 29.9 Å². The lowest BCUT2D eigenvalue weighted by atomic mass is 9.98. The number of pyridine rings is 1. The number of anilines is 2. The van der Waals surface area contributed by atoms with E-state index in [1.54, 1.807) is 18.6 Å². The van der Waals surface area contributed by atoms with Crippen LogP contribution < -0.4 is 9.80 Å². The molecular weight excluding hydrogens is 366 g/mol. The fraction of sp³-hybridized carbons (Fsp3) is 0.381. The summed E-state index contributed by atoms with van der Waals surface area (Å²) in [6.07, 6.45) is 8.95. The first-order valence-electron chi connectivity index (χ1n) is 9.85. The molecule has 0 aromatic carbocycles. The highest BCUT2D eigenvalue weighted by Gasteiger charge is 2.39. The van der Waals surface area contributed by atoms with Crippen LogP contribution in [0.3, 0.4) is 0 Å². The Morgan fingerprint density at radius 2 is 2.00 bits per heavy atom. The quantitative estimate of drug-likeness (QED) is 0.619. The van der Waals surface area contributed by atoms with Gasteiger partial charge in [-0.05, 0) is 32.4 Å². The van der Waals surface area contributed by atoms with E-state index >= 15 is 0 Å². The van der Waals surface area contributed by atoms with Crippen molar-refractivity contribution < 1.29 is 4.79 Å². The van der Waals surface area contributed by atoms with Crippen molar-refractivity contribution in [3.8, 4) is 17.5 Å². The third-order valence-corrected chi connectivity index (χ3v) is 5.42. The summed E-state index contributed by atoms with van der Waals surface area (Å²) in [5, 5.41) is 0. The molecular formula is C21H25N7O. The van der Waals surface area contributed by atoms with E-state index in [0.29, 0.717) is 11.8 Å². The highest BCUT2D eigenvalue weighted by atomic mass is 16.1. The number of carbonyl (C=O) groups is 1. The Balaban J connectivity index is 1.85. The van der Waals surface area contributed by atoms with Crippen molar-refractivity contribution in [2.45, 2.75) is 45.3 Å². The first-order chi connectivity index (χ1) is 14.1. The van der Waals surface area contributed by atoms with E-state index in [1.165, 1.54) is 0 Å². The number of imidazole rings is 1. The maximum atomic E-state index is 11.8. The SMILES string of the molecule is CCC1C(C=O)N(C)c2cnc(-n3ccnc3-c3ccccn3)nc2N1C(C)C. The first kappa shape index (κ1) is 19.0. The van der Waals surface area contributed by atoms with Crippen molar-refractivity contribution in [2.24, 2.45) is 0 Å². The minimum atomic E-state index is -0.235. The summed E-state index contributed by atoms with van der Waals surface area (Å²) in [4.78, 5) is 34.4. The summed E-state index contributed by atoms with van der Waals surface area (Å²) in [5.74, 6) is 2.04. The Kier molecular flexibility index (Phi) is 5.00. The van der Waals surface area contributed by atoms with E-state index in [4.69, 9.17) is 4.98 Å². The molecule has 0 fully saturated rings. The molecule has 4 rings (SSSR count). The second-order valence-electron chi connectivity index (χ2n) is 7.43. The minimum absolute atomic E-state index is 0.0470. The smallest absolute Gasteiger partial charge is 0.237 e. The van der Waals surface area contributed by atoms with Gasteiger partial charge in [-0.1, -0.05) is 13.0 Å². The lowest BCUT2D eigenvalue weighted by Crippen LogP contribution is -2.58. The molecule has 0 aliphatic carbocycles. The van der Waals surface area contributed by atoms with Crippen LogP contribution in [0.25, 0.3) is 17.5 Å². The number of likely N-dealkylation sites (N-methyl/N-ethyl adjacent to an activating group) is 1. The molecule has 4 heterocycles. The molecule has 0 saturated carbocycles. The number of hydrogen-bond acceptors (Lipinski definition) is 7. The van der Waals surface area contributed by atoms with Gasteiger partial charge in [0.15, 0.2) is 11.6 Å². The largest absolute Gasteiger partial charge is 0.359 e. The van der Waals surface area contributed by atoms with Crippen LogP contribution in [0, 0.1) is 0 Å². The number of aromatic nitrogens is 5.